The zero-order valence-electron chi connectivity index (χ0n) is 12.7. The fourth-order valence-corrected chi connectivity index (χ4v) is 3.04. The number of likely N-dealkylation sites (tertiary alicyclic amines) is 1. The largest absolute Gasteiger partial charge is 0.507 e. The van der Waals surface area contributed by atoms with Gasteiger partial charge in [-0.3, -0.25) is 4.79 Å². The van der Waals surface area contributed by atoms with Crippen molar-refractivity contribution in [2.75, 3.05) is 6.61 Å². The normalized spacial score (nSPS) is 21.5. The van der Waals surface area contributed by atoms with Crippen LogP contribution in [0.1, 0.15) is 43.5 Å². The number of aromatic hydroxyl groups is 1. The fourth-order valence-electron chi connectivity index (χ4n) is 2.86. The minimum absolute atomic E-state index is 0.0416. The lowest BCUT2D eigenvalue weighted by Gasteiger charge is -2.38. The summed E-state index contributed by atoms with van der Waals surface area (Å²) < 4.78 is 5.03. The van der Waals surface area contributed by atoms with E-state index in [0.717, 1.165) is 19.3 Å². The molecule has 1 aromatic rings. The molecule has 1 heterocycles. The maximum atomic E-state index is 12.3. The van der Waals surface area contributed by atoms with Crippen LogP contribution in [0.15, 0.2) is 18.2 Å². The number of ether oxygens (including phenoxy) is 1. The number of carbonyl (C=O) groups is 2. The number of halogens is 1. The number of hydrogen-bond acceptors (Lipinski definition) is 4. The number of esters is 1. The van der Waals surface area contributed by atoms with E-state index in [9.17, 15) is 14.7 Å². The van der Waals surface area contributed by atoms with Crippen LogP contribution in [-0.4, -0.2) is 40.6 Å². The van der Waals surface area contributed by atoms with Crippen LogP contribution in [0.25, 0.3) is 0 Å². The number of amides is 1. The monoisotopic (exact) mass is 325 g/mol. The average molecular weight is 326 g/mol. The summed E-state index contributed by atoms with van der Waals surface area (Å²) in [6.45, 7) is 3.66. The molecule has 2 atom stereocenters. The third kappa shape index (κ3) is 3.71. The molecule has 1 aliphatic heterocycles. The Morgan fingerprint density at radius 1 is 1.32 bits per heavy atom. The second kappa shape index (κ2) is 7.01. The lowest BCUT2D eigenvalue weighted by Crippen LogP contribution is -2.49. The number of rotatable bonds is 3. The van der Waals surface area contributed by atoms with Crippen molar-refractivity contribution in [3.8, 4) is 5.75 Å². The first-order valence-electron chi connectivity index (χ1n) is 7.37. The predicted octanol–water partition coefficient (Wildman–Crippen LogP) is 2.99. The Morgan fingerprint density at radius 2 is 1.95 bits per heavy atom. The van der Waals surface area contributed by atoms with Gasteiger partial charge in [-0.25, -0.2) is 4.79 Å². The second-order valence-electron chi connectivity index (χ2n) is 5.67. The van der Waals surface area contributed by atoms with Gasteiger partial charge in [0, 0.05) is 17.1 Å². The number of phenolic OH excluding ortho intramolecular Hbond substituents is 1. The molecule has 1 fully saturated rings. The van der Waals surface area contributed by atoms with E-state index in [1.165, 1.54) is 18.2 Å². The lowest BCUT2D eigenvalue weighted by atomic mass is 9.97. The summed E-state index contributed by atoms with van der Waals surface area (Å²) in [7, 11) is 0. The van der Waals surface area contributed by atoms with Crippen LogP contribution >= 0.6 is 11.6 Å². The first kappa shape index (κ1) is 16.6. The molecule has 2 unspecified atom stereocenters. The van der Waals surface area contributed by atoms with Gasteiger partial charge in [-0.2, -0.15) is 0 Å². The van der Waals surface area contributed by atoms with Crippen LogP contribution in [0.3, 0.4) is 0 Å². The molecule has 22 heavy (non-hydrogen) atoms. The number of phenols is 1. The second-order valence-corrected chi connectivity index (χ2v) is 6.10. The quantitative estimate of drug-likeness (QED) is 0.868. The molecule has 120 valence electrons. The number of nitrogens with zero attached hydrogens (tertiary/aromatic N) is 1. The first-order valence-corrected chi connectivity index (χ1v) is 7.74. The van der Waals surface area contributed by atoms with Crippen molar-refractivity contribution in [3.63, 3.8) is 0 Å². The predicted molar refractivity (Wildman–Crippen MR) is 83.0 cm³/mol. The Kier molecular flexibility index (Phi) is 5.29. The molecule has 0 saturated carbocycles. The number of carbonyl (C=O) groups excluding carboxylic acids is 2. The van der Waals surface area contributed by atoms with Gasteiger partial charge < -0.3 is 14.7 Å². The summed E-state index contributed by atoms with van der Waals surface area (Å²) in [5, 5.41) is 9.96. The molecule has 0 bridgehead atoms. The third-order valence-electron chi connectivity index (χ3n) is 3.99. The summed E-state index contributed by atoms with van der Waals surface area (Å²) in [6, 6.07) is 4.39. The van der Waals surface area contributed by atoms with Gasteiger partial charge in [-0.05, 0) is 51.3 Å². The number of piperidine rings is 1. The van der Waals surface area contributed by atoms with E-state index in [1.807, 2.05) is 13.8 Å². The van der Waals surface area contributed by atoms with Gasteiger partial charge in [0.2, 0.25) is 0 Å². The summed E-state index contributed by atoms with van der Waals surface area (Å²) in [5.74, 6) is -1.19. The summed E-state index contributed by atoms with van der Waals surface area (Å²) >= 11 is 5.79. The maximum Gasteiger partial charge on any atom is 0.342 e. The van der Waals surface area contributed by atoms with E-state index in [2.05, 4.69) is 0 Å². The zero-order chi connectivity index (χ0) is 16.3. The van der Waals surface area contributed by atoms with Crippen molar-refractivity contribution in [1.82, 2.24) is 4.90 Å². The molecule has 1 amide bonds. The van der Waals surface area contributed by atoms with Crippen molar-refractivity contribution in [2.24, 2.45) is 0 Å². The van der Waals surface area contributed by atoms with Gasteiger partial charge in [0.1, 0.15) is 11.3 Å². The summed E-state index contributed by atoms with van der Waals surface area (Å²) in [6.07, 6.45) is 3.01. The Labute approximate surface area is 134 Å². The van der Waals surface area contributed by atoms with Crippen molar-refractivity contribution in [1.29, 1.82) is 0 Å². The molecule has 1 saturated heterocycles. The van der Waals surface area contributed by atoms with Crippen LogP contribution in [0.2, 0.25) is 5.02 Å². The molecule has 1 aromatic carbocycles. The minimum atomic E-state index is -0.759. The summed E-state index contributed by atoms with van der Waals surface area (Å²) in [5.41, 5.74) is -0.0416. The molecular weight excluding hydrogens is 306 g/mol. The standard InChI is InChI=1S/C16H20ClNO4/c1-10-4-3-5-11(2)18(10)15(20)9-22-16(21)13-8-12(17)6-7-14(13)19/h6-8,10-11,19H,3-5,9H2,1-2H3. The number of benzene rings is 1. The Morgan fingerprint density at radius 3 is 2.59 bits per heavy atom. The molecule has 0 aliphatic carbocycles. The third-order valence-corrected chi connectivity index (χ3v) is 4.22. The van der Waals surface area contributed by atoms with Gasteiger partial charge in [-0.1, -0.05) is 11.6 Å². The highest BCUT2D eigenvalue weighted by Crippen LogP contribution is 2.24. The van der Waals surface area contributed by atoms with Crippen molar-refractivity contribution < 1.29 is 19.4 Å². The molecule has 0 aromatic heterocycles. The van der Waals surface area contributed by atoms with Crippen LogP contribution in [0, 0.1) is 0 Å². The molecule has 5 nitrogen and oxygen atoms in total. The van der Waals surface area contributed by atoms with E-state index >= 15 is 0 Å². The van der Waals surface area contributed by atoms with Crippen LogP contribution < -0.4 is 0 Å². The van der Waals surface area contributed by atoms with E-state index < -0.39 is 5.97 Å². The van der Waals surface area contributed by atoms with Crippen molar-refractivity contribution >= 4 is 23.5 Å². The van der Waals surface area contributed by atoms with Gasteiger partial charge in [-0.15, -0.1) is 0 Å². The zero-order valence-corrected chi connectivity index (χ0v) is 13.5. The minimum Gasteiger partial charge on any atom is -0.507 e. The van der Waals surface area contributed by atoms with E-state index in [-0.39, 0.29) is 35.9 Å². The van der Waals surface area contributed by atoms with Crippen LogP contribution in [0.5, 0.6) is 5.75 Å². The topological polar surface area (TPSA) is 66.8 Å². The van der Waals surface area contributed by atoms with Crippen LogP contribution in [0.4, 0.5) is 0 Å². The maximum absolute atomic E-state index is 12.3. The molecule has 0 radical (unpaired) electrons. The van der Waals surface area contributed by atoms with Crippen molar-refractivity contribution in [3.05, 3.63) is 28.8 Å². The Hall–Kier alpha value is -1.75. The first-order chi connectivity index (χ1) is 10.4. The highest BCUT2D eigenvalue weighted by Gasteiger charge is 2.29. The van der Waals surface area contributed by atoms with E-state index in [1.54, 1.807) is 4.90 Å². The highest BCUT2D eigenvalue weighted by atomic mass is 35.5. The summed E-state index contributed by atoms with van der Waals surface area (Å²) in [4.78, 5) is 26.0. The number of hydrogen-bond donors (Lipinski definition) is 1. The van der Waals surface area contributed by atoms with E-state index in [4.69, 9.17) is 16.3 Å². The molecule has 0 spiro atoms. The molecule has 2 rings (SSSR count). The van der Waals surface area contributed by atoms with E-state index in [0.29, 0.717) is 5.02 Å². The molecular formula is C16H20ClNO4. The smallest absolute Gasteiger partial charge is 0.342 e. The van der Waals surface area contributed by atoms with Crippen molar-refractivity contribution in [2.45, 2.75) is 45.2 Å². The van der Waals surface area contributed by atoms with Gasteiger partial charge in [0.15, 0.2) is 6.61 Å². The van der Waals surface area contributed by atoms with Crippen LogP contribution in [-0.2, 0) is 9.53 Å². The Balaban J connectivity index is 1.98. The molecule has 6 heteroatoms. The lowest BCUT2D eigenvalue weighted by molar-refractivity contribution is -0.140. The SMILES string of the molecule is CC1CCCC(C)N1C(=O)COC(=O)c1cc(Cl)ccc1O. The fraction of sp³-hybridized carbons (Fsp3) is 0.500. The van der Waals surface area contributed by atoms with Gasteiger partial charge >= 0.3 is 5.97 Å². The molecule has 1 N–H and O–H groups in total. The van der Waals surface area contributed by atoms with Gasteiger partial charge in [0.05, 0.1) is 0 Å². The van der Waals surface area contributed by atoms with Gasteiger partial charge in [0.25, 0.3) is 5.91 Å². The Bertz CT molecular complexity index is 565. The highest BCUT2D eigenvalue weighted by molar-refractivity contribution is 6.31. The average Bonchev–Trinajstić information content (AvgIpc) is 2.47. The molecule has 1 aliphatic rings.